The van der Waals surface area contributed by atoms with E-state index < -0.39 is 0 Å². The summed E-state index contributed by atoms with van der Waals surface area (Å²) >= 11 is 0. The second kappa shape index (κ2) is 7.31. The molecule has 22 heavy (non-hydrogen) atoms. The van der Waals surface area contributed by atoms with Gasteiger partial charge in [0, 0.05) is 0 Å². The van der Waals surface area contributed by atoms with Crippen LogP contribution in [0.1, 0.15) is 97.3 Å². The highest BCUT2D eigenvalue weighted by atomic mass is 14.5. The third-order valence-corrected chi connectivity index (χ3v) is 7.91. The van der Waals surface area contributed by atoms with Crippen molar-refractivity contribution in [3.63, 3.8) is 0 Å². The first-order chi connectivity index (χ1) is 10.6. The molecule has 0 heterocycles. The Morgan fingerprint density at radius 2 is 1.41 bits per heavy atom. The van der Waals surface area contributed by atoms with E-state index in [9.17, 15) is 0 Å². The zero-order valence-corrected chi connectivity index (χ0v) is 15.6. The Hall–Kier alpha value is 0.0649. The summed E-state index contributed by atoms with van der Waals surface area (Å²) in [5.41, 5.74) is 0. The zero-order chi connectivity index (χ0) is 15.6. The van der Waals surface area contributed by atoms with Gasteiger partial charge in [-0.15, -0.1) is 0 Å². The van der Waals surface area contributed by atoms with Crippen LogP contribution in [0.2, 0.25) is 5.31 Å². The molecule has 0 aromatic heterocycles. The van der Waals surface area contributed by atoms with E-state index in [0.29, 0.717) is 5.31 Å². The Morgan fingerprint density at radius 1 is 0.773 bits per heavy atom. The molecule has 0 bridgehead atoms. The van der Waals surface area contributed by atoms with E-state index in [4.69, 9.17) is 0 Å². The number of hydrogen-bond acceptors (Lipinski definition) is 0. The average molecular weight is 302 g/mol. The molecule has 0 aliphatic heterocycles. The van der Waals surface area contributed by atoms with Gasteiger partial charge < -0.3 is 0 Å². The molecule has 3 aliphatic rings. The van der Waals surface area contributed by atoms with Crippen molar-refractivity contribution in [2.24, 2.45) is 29.6 Å². The van der Waals surface area contributed by atoms with Gasteiger partial charge in [-0.1, -0.05) is 89.8 Å². The summed E-state index contributed by atoms with van der Waals surface area (Å²) in [7, 11) is 2.71. The molecule has 0 aromatic rings. The van der Waals surface area contributed by atoms with Gasteiger partial charge in [-0.2, -0.15) is 0 Å². The molecule has 4 unspecified atom stereocenters. The van der Waals surface area contributed by atoms with Crippen LogP contribution in [0.25, 0.3) is 0 Å². The minimum Gasteiger partial charge on any atom is -0.0625 e. The van der Waals surface area contributed by atoms with Crippen LogP contribution < -0.4 is 0 Å². The Morgan fingerprint density at radius 3 is 2.14 bits per heavy atom. The summed E-state index contributed by atoms with van der Waals surface area (Å²) in [5.74, 6) is 5.09. The van der Waals surface area contributed by atoms with Gasteiger partial charge in [0.25, 0.3) is 0 Å². The summed E-state index contributed by atoms with van der Waals surface area (Å²) < 4.78 is 0. The largest absolute Gasteiger partial charge is 0.109 e. The van der Waals surface area contributed by atoms with Crippen molar-refractivity contribution in [1.82, 2.24) is 0 Å². The maximum atomic E-state index is 2.71. The quantitative estimate of drug-likeness (QED) is 0.548. The molecule has 0 nitrogen and oxygen atoms in total. The minimum atomic E-state index is 0.671. The van der Waals surface area contributed by atoms with E-state index in [0.717, 1.165) is 29.6 Å². The molecule has 3 fully saturated rings. The lowest BCUT2D eigenvalue weighted by molar-refractivity contribution is 0.0711. The molecule has 4 atom stereocenters. The Bertz CT molecular complexity index is 342. The maximum absolute atomic E-state index is 2.71. The monoisotopic (exact) mass is 302 g/mol. The first-order valence-corrected chi connectivity index (χ1v) is 10.6. The summed E-state index contributed by atoms with van der Waals surface area (Å²) in [6, 6.07) is 0. The van der Waals surface area contributed by atoms with Crippen molar-refractivity contribution < 1.29 is 0 Å². The fraction of sp³-hybridized carbons (Fsp3) is 1.00. The minimum absolute atomic E-state index is 0.671. The smallest absolute Gasteiger partial charge is 0.0625 e. The Labute approximate surface area is 140 Å². The van der Waals surface area contributed by atoms with E-state index in [2.05, 4.69) is 21.7 Å². The van der Waals surface area contributed by atoms with Crippen LogP contribution in [0.4, 0.5) is 0 Å². The lowest BCUT2D eigenvalue weighted by atomic mass is 9.46. The normalized spacial score (nSPS) is 39.8. The molecule has 0 saturated heterocycles. The molecular weight excluding hydrogens is 263 g/mol. The molecular formula is C21H39B. The summed E-state index contributed by atoms with van der Waals surface area (Å²) in [5, 5.41) is 0.671. The van der Waals surface area contributed by atoms with Gasteiger partial charge in [0.05, 0.1) is 0 Å². The third kappa shape index (κ3) is 3.44. The van der Waals surface area contributed by atoms with Crippen molar-refractivity contribution in [3.05, 3.63) is 0 Å². The van der Waals surface area contributed by atoms with Crippen molar-refractivity contribution in [1.29, 1.82) is 0 Å². The summed E-state index contributed by atoms with van der Waals surface area (Å²) in [6.45, 7) is 5.06. The molecule has 0 amide bonds. The molecule has 3 saturated carbocycles. The van der Waals surface area contributed by atoms with Gasteiger partial charge in [0.2, 0.25) is 0 Å². The van der Waals surface area contributed by atoms with Gasteiger partial charge in [-0.3, -0.25) is 0 Å². The zero-order valence-electron chi connectivity index (χ0n) is 15.6. The van der Waals surface area contributed by atoms with Crippen molar-refractivity contribution in [3.8, 4) is 0 Å². The van der Waals surface area contributed by atoms with Gasteiger partial charge in [0.1, 0.15) is 7.85 Å². The lowest BCUT2D eigenvalue weighted by Crippen LogP contribution is -2.40. The highest BCUT2D eigenvalue weighted by molar-refractivity contribution is 6.15. The molecule has 126 valence electrons. The Kier molecular flexibility index (Phi) is 5.62. The average Bonchev–Trinajstić information content (AvgIpc) is 2.81. The lowest BCUT2D eigenvalue weighted by Gasteiger charge is -2.50. The van der Waals surface area contributed by atoms with Crippen LogP contribution in [0.5, 0.6) is 0 Å². The second-order valence-electron chi connectivity index (χ2n) is 9.64. The first-order valence-electron chi connectivity index (χ1n) is 10.6. The molecule has 3 aliphatic carbocycles. The summed E-state index contributed by atoms with van der Waals surface area (Å²) in [6.07, 6.45) is 19.9. The van der Waals surface area contributed by atoms with Crippen LogP contribution in [-0.2, 0) is 0 Å². The number of fused-ring (bicyclic) bond motifs is 1. The van der Waals surface area contributed by atoms with Gasteiger partial charge in [0.15, 0.2) is 0 Å². The van der Waals surface area contributed by atoms with E-state index in [1.165, 1.54) is 64.2 Å². The fourth-order valence-corrected chi connectivity index (χ4v) is 6.83. The van der Waals surface area contributed by atoms with E-state index >= 15 is 0 Å². The SMILES string of the molecule is BC1(C2C(C(C)C)CCCC3CCCCCC32)CCCCC1. The van der Waals surface area contributed by atoms with Crippen molar-refractivity contribution in [2.45, 2.75) is 103 Å². The van der Waals surface area contributed by atoms with E-state index in [-0.39, 0.29) is 0 Å². The highest BCUT2D eigenvalue weighted by Crippen LogP contribution is 2.59. The summed E-state index contributed by atoms with van der Waals surface area (Å²) in [4.78, 5) is 0. The van der Waals surface area contributed by atoms with Crippen molar-refractivity contribution >= 4 is 7.85 Å². The molecule has 3 rings (SSSR count). The number of hydrogen-bond donors (Lipinski definition) is 0. The molecule has 1 heteroatoms. The molecule has 0 N–H and O–H groups in total. The molecule has 0 spiro atoms. The van der Waals surface area contributed by atoms with E-state index in [1.807, 2.05) is 0 Å². The van der Waals surface area contributed by atoms with Crippen LogP contribution in [0.3, 0.4) is 0 Å². The second-order valence-corrected chi connectivity index (χ2v) is 9.64. The van der Waals surface area contributed by atoms with Gasteiger partial charge >= 0.3 is 0 Å². The highest BCUT2D eigenvalue weighted by Gasteiger charge is 2.47. The molecule has 0 aromatic carbocycles. The molecule has 0 radical (unpaired) electrons. The third-order valence-electron chi connectivity index (χ3n) is 7.91. The topological polar surface area (TPSA) is 0 Å². The van der Waals surface area contributed by atoms with Crippen molar-refractivity contribution in [2.75, 3.05) is 0 Å². The van der Waals surface area contributed by atoms with Crippen LogP contribution in [0, 0.1) is 29.6 Å². The fourth-order valence-electron chi connectivity index (χ4n) is 6.83. The van der Waals surface area contributed by atoms with Gasteiger partial charge in [-0.05, 0) is 42.4 Å². The van der Waals surface area contributed by atoms with Crippen LogP contribution >= 0.6 is 0 Å². The van der Waals surface area contributed by atoms with E-state index in [1.54, 1.807) is 19.3 Å². The number of rotatable bonds is 2. The predicted molar refractivity (Wildman–Crippen MR) is 100 cm³/mol. The first kappa shape index (κ1) is 16.9. The van der Waals surface area contributed by atoms with Crippen LogP contribution in [-0.4, -0.2) is 7.85 Å². The van der Waals surface area contributed by atoms with Gasteiger partial charge in [-0.25, -0.2) is 0 Å². The standard InChI is InChI=1S/C21H39B/c1-16(2)18-13-9-11-17-10-5-3-6-12-19(17)20(18)21(22)14-7-4-8-15-21/h16-20H,3-15,22H2,1-2H3. The Balaban J connectivity index is 1.92. The van der Waals surface area contributed by atoms with Crippen LogP contribution in [0.15, 0.2) is 0 Å². The maximum Gasteiger partial charge on any atom is 0.109 e. The predicted octanol–water partition coefficient (Wildman–Crippen LogP) is 6.01.